The van der Waals surface area contributed by atoms with Crippen molar-refractivity contribution in [2.45, 2.75) is 141 Å². The molecule has 6 aliphatic rings. The van der Waals surface area contributed by atoms with E-state index in [0.717, 1.165) is 51.7 Å². The molecule has 12 N–H and O–H groups in total. The lowest BCUT2D eigenvalue weighted by molar-refractivity contribution is -0.143. The van der Waals surface area contributed by atoms with Gasteiger partial charge in [-0.15, -0.1) is 0 Å². The number of carbonyl (C=O) groups excluding carboxylic acids is 4. The van der Waals surface area contributed by atoms with Gasteiger partial charge in [-0.05, 0) is 128 Å². The van der Waals surface area contributed by atoms with E-state index in [2.05, 4.69) is 102 Å². The molecule has 3 aromatic carbocycles. The highest BCUT2D eigenvalue weighted by atomic mass is 79.9. The number of carboxylic acid groups (broad SMARTS) is 3. The second-order valence-electron chi connectivity index (χ2n) is 35.6. The minimum atomic E-state index is -4.98. The summed E-state index contributed by atoms with van der Waals surface area (Å²) < 4.78 is 168. The van der Waals surface area contributed by atoms with Crippen molar-refractivity contribution in [3.05, 3.63) is 197 Å². The van der Waals surface area contributed by atoms with Crippen molar-refractivity contribution in [2.24, 2.45) is 0 Å². The van der Waals surface area contributed by atoms with E-state index in [1.165, 1.54) is 92.8 Å². The maximum Gasteiger partial charge on any atom is 0.491 e. The number of nitrogens with zero attached hydrogens (tertiary/aromatic N) is 16. The van der Waals surface area contributed by atoms with Gasteiger partial charge in [0.25, 0.3) is 17.7 Å². The third-order valence-corrected chi connectivity index (χ3v) is 26.0. The minimum Gasteiger partial charge on any atom is -0.481 e. The lowest BCUT2D eigenvalue weighted by atomic mass is 9.83. The van der Waals surface area contributed by atoms with E-state index < -0.39 is 129 Å². The number of hydrogen-bond donors (Lipinski definition) is 12. The second kappa shape index (κ2) is 48.8. The number of pyridine rings is 3. The molecule has 6 saturated heterocycles. The lowest BCUT2D eigenvalue weighted by Gasteiger charge is -2.44. The summed E-state index contributed by atoms with van der Waals surface area (Å²) in [6.45, 7) is 21.5. The van der Waals surface area contributed by atoms with Gasteiger partial charge in [0.2, 0.25) is 40.4 Å². The topological polar surface area (TPSA) is 477 Å². The smallest absolute Gasteiger partial charge is 0.481 e. The van der Waals surface area contributed by atoms with E-state index in [1.807, 2.05) is 87.2 Å². The van der Waals surface area contributed by atoms with E-state index in [0.29, 0.717) is 130 Å². The molecule has 0 radical (unpaired) electrons. The summed E-state index contributed by atoms with van der Waals surface area (Å²) in [5.41, 5.74) is -7.16. The first-order valence-electron chi connectivity index (χ1n) is 45.9. The molecule has 12 heterocycles. The Morgan fingerprint density at radius 3 is 1.01 bits per heavy atom. The summed E-state index contributed by atoms with van der Waals surface area (Å²) in [5.74, 6) is -7.09. The standard InChI is InChI=1S/C32H36F4N8O5.C28H32F4N8O2.C20H21BrF4N4O2.C9H14BN3O2.C4H6O4/c1-18-16-44(17-19(2)41(18)3)26-12-24(33)21(10-25(26)40-30(49)22-15-37-27(45)11-23(22)32(34,35)36)20-13-38-31(39-14-20)43-8-6-42(7-9-43)28(46)4-5-29(47)48;1-16-14-40(15-17(2)38(16)3)24-10-22(29)19(18-11-35-27(36-12-18)39-6-4-33-5-7-39)8-23(24)37-26(42)20-13-34-25(41)9-21(20)28(30,31)32;1-10-8-29(9-11(2)28(10)3)17-6-15(22)14(21)5-16(17)27-19(31)12-7-26-18(30)4-13(12)20(23,24)25;14-10(15)8-6-11-9(12-7-8)13-4-2-1-3-5-13;5-3(6)1-2-4(7)8/h10-15,18-19H,4-9,16-17H2,1-3H3,(H,37,45)(H,40,49)(H,47,48);8-13,16-17,33H,4-7,14-15H2,1-3H3,(H,34,41)(H,37,42);4-7,10-11H,8-9H2,1-3H3,(H,26,30)(H,27,31);6-7,14-15H,1-5H2;1-2H2,(H,5,6)(H,7,8)/t18-,19+;16-,17+;10-,11+;;. The number of anilines is 9. The number of carbonyl (C=O) groups is 7. The molecule has 6 atom stereocenters. The highest BCUT2D eigenvalue weighted by Gasteiger charge is 2.42. The third kappa shape index (κ3) is 29.6. The Balaban J connectivity index is 0.000000189. The Morgan fingerprint density at radius 1 is 0.400 bits per heavy atom. The van der Waals surface area contributed by atoms with Crippen LogP contribution in [0.5, 0.6) is 0 Å². The highest BCUT2D eigenvalue weighted by molar-refractivity contribution is 9.10. The number of hydrogen-bond acceptors (Lipinski definition) is 28. The number of benzene rings is 3. The summed E-state index contributed by atoms with van der Waals surface area (Å²) in [5, 5.41) is 53.2. The molecular weight excluding hydrogens is 2000 g/mol. The molecular formula is C93H109BBrF12N23O15. The molecule has 0 bridgehead atoms. The number of nitrogens with one attached hydrogen (secondary N) is 7. The van der Waals surface area contributed by atoms with E-state index >= 15 is 8.78 Å². The van der Waals surface area contributed by atoms with Crippen LogP contribution in [0.3, 0.4) is 0 Å². The molecule has 0 saturated carbocycles. The highest BCUT2D eigenvalue weighted by Crippen LogP contribution is 2.43. The first-order valence-corrected chi connectivity index (χ1v) is 46.7. The number of likely N-dealkylation sites (N-methyl/N-ethyl adjacent to an activating group) is 3. The van der Waals surface area contributed by atoms with Crippen LogP contribution in [0.15, 0.2) is 129 Å². The monoisotopic (exact) mass is 2110 g/mol. The number of aromatic amines is 3. The molecule has 6 aromatic heterocycles. The molecule has 0 spiro atoms. The van der Waals surface area contributed by atoms with Crippen LogP contribution < -0.4 is 72.8 Å². The van der Waals surface area contributed by atoms with Crippen molar-refractivity contribution >= 4 is 122 Å². The molecule has 0 unspecified atom stereocenters. The molecule has 52 heteroatoms. The van der Waals surface area contributed by atoms with Crippen LogP contribution in [0.25, 0.3) is 22.3 Å². The van der Waals surface area contributed by atoms with Gasteiger partial charge < -0.3 is 95.9 Å². The zero-order valence-electron chi connectivity index (χ0n) is 80.1. The van der Waals surface area contributed by atoms with Crippen molar-refractivity contribution in [3.8, 4) is 22.3 Å². The Labute approximate surface area is 831 Å². The Bertz CT molecular complexity index is 6230. The first-order chi connectivity index (χ1) is 68.3. The SMILES string of the molecule is C[C@@H]1CN(c2cc(F)c(-c3cnc(N4CCN(C(=O)CCC(=O)O)CC4)nc3)cc2NC(=O)c2c[nH]c(=O)cc2C(F)(F)F)C[C@H](C)N1C.C[C@@H]1CN(c2cc(F)c(-c3cnc(N4CCNCC4)nc3)cc2NC(=O)c2c[nH]c(=O)cc2C(F)(F)F)C[C@H](C)N1C.C[C@@H]1CN(c2cc(F)c(Br)cc2NC(=O)c2c[nH]c(=O)cc2C(F)(F)F)C[C@H](C)N1C.O=C(O)CCC(=O)O.OB(O)c1cnc(N2CCCCC2)nc1. The van der Waals surface area contributed by atoms with Gasteiger partial charge in [0.15, 0.2) is 0 Å². The maximum atomic E-state index is 15.9. The average molecular weight is 2110 g/mol. The van der Waals surface area contributed by atoms with Crippen molar-refractivity contribution in [1.29, 1.82) is 0 Å². The number of piperidine rings is 1. The number of aromatic nitrogens is 9. The van der Waals surface area contributed by atoms with Crippen molar-refractivity contribution < 1.29 is 112 Å². The summed E-state index contributed by atoms with van der Waals surface area (Å²) in [4.78, 5) is 168. The van der Waals surface area contributed by atoms with Crippen LogP contribution in [0.1, 0.15) is 134 Å². The fourth-order valence-electron chi connectivity index (χ4n) is 16.8. The molecule has 4 amide bonds. The number of piperazine rings is 5. The van der Waals surface area contributed by atoms with E-state index in [1.54, 1.807) is 4.90 Å². The van der Waals surface area contributed by atoms with Crippen LogP contribution in [-0.2, 0) is 37.7 Å². The lowest BCUT2D eigenvalue weighted by Crippen LogP contribution is -2.55. The van der Waals surface area contributed by atoms with Gasteiger partial charge in [-0.25, -0.2) is 43.1 Å². The largest absolute Gasteiger partial charge is 0.491 e. The fourth-order valence-corrected chi connectivity index (χ4v) is 17.2. The molecule has 38 nitrogen and oxygen atoms in total. The fraction of sp³-hybridized carbons (Fsp3) is 0.441. The van der Waals surface area contributed by atoms with Gasteiger partial charge in [0, 0.05) is 255 Å². The molecule has 9 aromatic rings. The number of carboxylic acids is 3. The normalized spacial score (nSPS) is 18.6. The zero-order chi connectivity index (χ0) is 106. The van der Waals surface area contributed by atoms with Gasteiger partial charge >= 0.3 is 43.6 Å². The van der Waals surface area contributed by atoms with Crippen LogP contribution in [0.2, 0.25) is 0 Å². The number of amides is 4. The molecule has 6 fully saturated rings. The Hall–Kier alpha value is -13.7. The average Bonchev–Trinajstić information content (AvgIpc) is 0.774. The molecule has 15 rings (SSSR count). The first kappa shape index (κ1) is 112. The van der Waals surface area contributed by atoms with E-state index in [-0.39, 0.29) is 112 Å². The number of halogens is 13. The Morgan fingerprint density at radius 2 is 0.697 bits per heavy atom. The quantitative estimate of drug-likeness (QED) is 0.0235. The zero-order valence-corrected chi connectivity index (χ0v) is 81.7. The summed E-state index contributed by atoms with van der Waals surface area (Å²) in [6, 6.07) is 9.27. The third-order valence-electron chi connectivity index (χ3n) is 25.4. The van der Waals surface area contributed by atoms with Gasteiger partial charge in [-0.3, -0.25) is 62.6 Å². The number of rotatable bonds is 21. The number of H-pyrrole nitrogens is 3. The predicted molar refractivity (Wildman–Crippen MR) is 519 cm³/mol. The van der Waals surface area contributed by atoms with Gasteiger partial charge in [-0.1, -0.05) is 0 Å². The van der Waals surface area contributed by atoms with Crippen LogP contribution in [-0.4, -0.2) is 301 Å². The number of aliphatic carboxylic acids is 3. The van der Waals surface area contributed by atoms with Gasteiger partial charge in [-0.2, -0.15) is 39.5 Å². The van der Waals surface area contributed by atoms with E-state index in [9.17, 15) is 91.8 Å². The Kier molecular flexibility index (Phi) is 37.6. The minimum absolute atomic E-state index is 0.00724. The van der Waals surface area contributed by atoms with Crippen molar-refractivity contribution in [2.75, 3.05) is 171 Å². The van der Waals surface area contributed by atoms with E-state index in [4.69, 9.17) is 25.4 Å². The second-order valence-corrected chi connectivity index (χ2v) is 36.4. The van der Waals surface area contributed by atoms with Gasteiger partial charge in [0.1, 0.15) is 17.5 Å². The summed E-state index contributed by atoms with van der Waals surface area (Å²) in [7, 11) is 4.43. The van der Waals surface area contributed by atoms with Gasteiger partial charge in [0.05, 0.1) is 91.2 Å². The number of alkyl halides is 9. The predicted octanol–water partition coefficient (Wildman–Crippen LogP) is 9.62. The van der Waals surface area contributed by atoms with Crippen LogP contribution in [0, 0.1) is 17.5 Å². The summed E-state index contributed by atoms with van der Waals surface area (Å²) >= 11 is 3.06. The summed E-state index contributed by atoms with van der Waals surface area (Å²) in [6.07, 6.45) is -1.32. The van der Waals surface area contributed by atoms with Crippen molar-refractivity contribution in [3.63, 3.8) is 0 Å². The van der Waals surface area contributed by atoms with Crippen LogP contribution >= 0.6 is 15.9 Å². The molecule has 145 heavy (non-hydrogen) atoms. The maximum absolute atomic E-state index is 15.9. The molecule has 6 aliphatic heterocycles. The van der Waals surface area contributed by atoms with Crippen LogP contribution in [0.4, 0.5) is 105 Å². The molecule has 0 aliphatic carbocycles. The van der Waals surface area contributed by atoms with Crippen molar-refractivity contribution in [1.82, 2.24) is 69.8 Å². The molecule has 780 valence electrons.